The van der Waals surface area contributed by atoms with Crippen molar-refractivity contribution >= 4 is 51.4 Å². The Labute approximate surface area is 215 Å². The number of amides is 2. The van der Waals surface area contributed by atoms with E-state index >= 15 is 0 Å². The number of esters is 2. The number of hydrogen-bond acceptors (Lipinski definition) is 8. The summed E-state index contributed by atoms with van der Waals surface area (Å²) < 4.78 is 24.2. The normalized spacial score (nSPS) is 11.6. The minimum atomic E-state index is -1.10. The molecule has 8 nitrogen and oxygen atoms in total. The maximum Gasteiger partial charge on any atom is 0.341 e. The average molecular weight is 533 g/mol. The first kappa shape index (κ1) is 27.0. The van der Waals surface area contributed by atoms with Gasteiger partial charge in [-0.3, -0.25) is 9.59 Å². The first-order valence-corrected chi connectivity index (χ1v) is 12.8. The van der Waals surface area contributed by atoms with Crippen LogP contribution in [0.3, 0.4) is 0 Å². The van der Waals surface area contributed by atoms with Crippen LogP contribution in [0.15, 0.2) is 47.2 Å². The Bertz CT molecular complexity index is 1240. The summed E-state index contributed by atoms with van der Waals surface area (Å²) in [4.78, 5) is 51.1. The highest BCUT2D eigenvalue weighted by atomic mass is 32.1. The molecule has 2 amide bonds. The van der Waals surface area contributed by atoms with Crippen molar-refractivity contribution < 1.29 is 33.0 Å². The van der Waals surface area contributed by atoms with Crippen molar-refractivity contribution in [2.45, 2.75) is 26.8 Å². The largest absolute Gasteiger partial charge is 0.462 e. The van der Waals surface area contributed by atoms with Gasteiger partial charge in [0.1, 0.15) is 22.4 Å². The van der Waals surface area contributed by atoms with Crippen LogP contribution in [0.1, 0.15) is 41.5 Å². The summed E-state index contributed by atoms with van der Waals surface area (Å²) in [6.07, 6.45) is 0. The highest BCUT2D eigenvalue weighted by Gasteiger charge is 2.28. The highest BCUT2D eigenvalue weighted by Crippen LogP contribution is 2.38. The second-order valence-electron chi connectivity index (χ2n) is 7.88. The van der Waals surface area contributed by atoms with Gasteiger partial charge in [0.15, 0.2) is 6.61 Å². The van der Waals surface area contributed by atoms with Gasteiger partial charge in [0.2, 0.25) is 0 Å². The van der Waals surface area contributed by atoms with Crippen LogP contribution in [0.25, 0.3) is 10.4 Å². The van der Waals surface area contributed by atoms with Gasteiger partial charge in [0.05, 0.1) is 12.2 Å². The molecule has 2 heterocycles. The molecule has 0 unspecified atom stereocenters. The van der Waals surface area contributed by atoms with E-state index in [9.17, 15) is 23.6 Å². The van der Waals surface area contributed by atoms with Crippen LogP contribution in [0, 0.1) is 11.7 Å². The van der Waals surface area contributed by atoms with Crippen LogP contribution in [0.4, 0.5) is 9.39 Å². The van der Waals surface area contributed by atoms with Crippen LogP contribution in [-0.4, -0.2) is 43.0 Å². The Morgan fingerprint density at radius 2 is 1.78 bits per heavy atom. The van der Waals surface area contributed by atoms with Crippen LogP contribution < -0.4 is 10.6 Å². The minimum absolute atomic E-state index is 0.165. The van der Waals surface area contributed by atoms with Gasteiger partial charge in [-0.15, -0.1) is 22.7 Å². The summed E-state index contributed by atoms with van der Waals surface area (Å²) in [5.74, 6) is -3.98. The number of halogens is 1. The van der Waals surface area contributed by atoms with Gasteiger partial charge in [-0.05, 0) is 36.4 Å². The second-order valence-corrected chi connectivity index (χ2v) is 9.71. The van der Waals surface area contributed by atoms with Crippen LogP contribution in [0.2, 0.25) is 0 Å². The zero-order chi connectivity index (χ0) is 26.2. The Morgan fingerprint density at radius 1 is 1.03 bits per heavy atom. The molecule has 1 aromatic carbocycles. The molecule has 2 aromatic heterocycles. The van der Waals surface area contributed by atoms with Gasteiger partial charge in [-0.25, -0.2) is 14.0 Å². The first-order chi connectivity index (χ1) is 17.2. The molecule has 0 radical (unpaired) electrons. The van der Waals surface area contributed by atoms with Gasteiger partial charge in [-0.1, -0.05) is 32.0 Å². The Morgan fingerprint density at radius 3 is 2.42 bits per heavy atom. The van der Waals surface area contributed by atoms with Crippen molar-refractivity contribution in [3.05, 3.63) is 64.1 Å². The maximum atomic E-state index is 13.9. The fourth-order valence-electron chi connectivity index (χ4n) is 3.22. The molecule has 0 bridgehead atoms. The highest BCUT2D eigenvalue weighted by molar-refractivity contribution is 7.17. The summed E-state index contributed by atoms with van der Waals surface area (Å²) in [7, 11) is 0. The molecule has 0 fully saturated rings. The van der Waals surface area contributed by atoms with Gasteiger partial charge in [-0.2, -0.15) is 0 Å². The molecule has 0 saturated carbocycles. The first-order valence-electron chi connectivity index (χ1n) is 11.1. The summed E-state index contributed by atoms with van der Waals surface area (Å²) >= 11 is 2.59. The van der Waals surface area contributed by atoms with E-state index in [2.05, 4.69) is 10.6 Å². The summed E-state index contributed by atoms with van der Waals surface area (Å²) in [5.41, 5.74) is 0.650. The van der Waals surface area contributed by atoms with Crippen molar-refractivity contribution in [1.82, 2.24) is 5.32 Å². The Hall–Kier alpha value is -3.57. The second kappa shape index (κ2) is 12.4. The Kier molecular flexibility index (Phi) is 9.31. The lowest BCUT2D eigenvalue weighted by molar-refractivity contribution is -0.150. The summed E-state index contributed by atoms with van der Waals surface area (Å²) in [6, 6.07) is 7.99. The minimum Gasteiger partial charge on any atom is -0.462 e. The van der Waals surface area contributed by atoms with Gasteiger partial charge in [0.25, 0.3) is 11.8 Å². The molecule has 1 atom stereocenters. The third kappa shape index (κ3) is 6.55. The van der Waals surface area contributed by atoms with E-state index in [-0.39, 0.29) is 22.7 Å². The topological polar surface area (TPSA) is 111 Å². The van der Waals surface area contributed by atoms with Gasteiger partial charge >= 0.3 is 11.9 Å². The molecule has 0 aliphatic rings. The van der Waals surface area contributed by atoms with Crippen LogP contribution in [0.5, 0.6) is 0 Å². The van der Waals surface area contributed by atoms with E-state index in [4.69, 9.17) is 9.47 Å². The van der Waals surface area contributed by atoms with Gasteiger partial charge in [0, 0.05) is 15.8 Å². The molecular formula is C25H25FN2O6S2. The number of anilines is 1. The van der Waals surface area contributed by atoms with E-state index in [0.717, 1.165) is 22.3 Å². The van der Waals surface area contributed by atoms with Crippen molar-refractivity contribution in [3.8, 4) is 10.4 Å². The summed E-state index contributed by atoms with van der Waals surface area (Å²) in [6.45, 7) is 4.56. The molecule has 0 aliphatic carbocycles. The van der Waals surface area contributed by atoms with E-state index in [1.165, 1.54) is 29.5 Å². The number of hydrogen-bond donors (Lipinski definition) is 2. The number of ether oxygens (including phenoxy) is 2. The lowest BCUT2D eigenvalue weighted by atomic mass is 10.0. The zero-order valence-corrected chi connectivity index (χ0v) is 21.5. The molecule has 3 aromatic rings. The fourth-order valence-corrected chi connectivity index (χ4v) is 5.01. The number of carbonyl (C=O) groups excluding carboxylic acids is 4. The number of rotatable bonds is 10. The quantitative estimate of drug-likeness (QED) is 0.365. The average Bonchev–Trinajstić information content (AvgIpc) is 3.51. The lowest BCUT2D eigenvalue weighted by Crippen LogP contribution is -2.46. The van der Waals surface area contributed by atoms with Crippen LogP contribution >= 0.6 is 22.7 Å². The third-order valence-electron chi connectivity index (χ3n) is 4.98. The van der Waals surface area contributed by atoms with Crippen molar-refractivity contribution in [2.24, 2.45) is 5.92 Å². The number of carbonyl (C=O) groups is 4. The van der Waals surface area contributed by atoms with Crippen LogP contribution in [-0.2, 0) is 19.1 Å². The zero-order valence-electron chi connectivity index (χ0n) is 19.8. The molecule has 2 N–H and O–H groups in total. The number of thiophene rings is 2. The van der Waals surface area contributed by atoms with E-state index in [1.807, 2.05) is 17.5 Å². The van der Waals surface area contributed by atoms with Crippen molar-refractivity contribution in [2.75, 3.05) is 18.5 Å². The van der Waals surface area contributed by atoms with E-state index < -0.39 is 48.1 Å². The molecule has 3 rings (SSSR count). The van der Waals surface area contributed by atoms with E-state index in [0.29, 0.717) is 5.56 Å². The predicted molar refractivity (Wildman–Crippen MR) is 136 cm³/mol. The number of nitrogens with one attached hydrogen (secondary N) is 2. The maximum absolute atomic E-state index is 13.9. The number of benzene rings is 1. The third-order valence-corrected chi connectivity index (χ3v) is 6.78. The standard InChI is InChI=1S/C25H25FN2O6S2/c1-4-33-24(31)20-16(18-10-7-11-35-18)13-36-23(20)27-19(29)12-34-25(32)21(14(2)3)28-22(30)15-8-5-6-9-17(15)26/h5-11,13-14,21H,4,12H2,1-3H3,(H,27,29)(H,28,30)/t21-/m0/s1. The predicted octanol–water partition coefficient (Wildman–Crippen LogP) is 4.73. The SMILES string of the molecule is CCOC(=O)c1c(-c2cccs2)csc1NC(=O)COC(=O)[C@@H](NC(=O)c1ccccc1F)C(C)C. The van der Waals surface area contributed by atoms with Gasteiger partial charge < -0.3 is 20.1 Å². The molecular weight excluding hydrogens is 507 g/mol. The lowest BCUT2D eigenvalue weighted by Gasteiger charge is -2.21. The monoisotopic (exact) mass is 532 g/mol. The molecule has 11 heteroatoms. The molecule has 36 heavy (non-hydrogen) atoms. The molecule has 0 saturated heterocycles. The molecule has 0 spiro atoms. The summed E-state index contributed by atoms with van der Waals surface area (Å²) in [5, 5.41) is 8.94. The van der Waals surface area contributed by atoms with Crippen molar-refractivity contribution in [1.29, 1.82) is 0 Å². The Balaban J connectivity index is 1.66. The molecule has 190 valence electrons. The smallest absolute Gasteiger partial charge is 0.341 e. The van der Waals surface area contributed by atoms with Crippen molar-refractivity contribution in [3.63, 3.8) is 0 Å². The van der Waals surface area contributed by atoms with E-state index in [1.54, 1.807) is 26.2 Å². The molecule has 0 aliphatic heterocycles. The fraction of sp³-hybridized carbons (Fsp3) is 0.280.